The van der Waals surface area contributed by atoms with Crippen LogP contribution in [0.15, 0.2) is 65.6 Å². The quantitative estimate of drug-likeness (QED) is 0.520. The molecule has 0 unspecified atom stereocenters. The number of methoxy groups -OCH3 is 1. The molecule has 0 radical (unpaired) electrons. The first-order valence-electron chi connectivity index (χ1n) is 8.77. The van der Waals surface area contributed by atoms with Crippen molar-refractivity contribution in [1.82, 2.24) is 0 Å². The molecule has 0 aliphatic rings. The number of phenolic OH excluding ortho intramolecular Hbond substituents is 1. The van der Waals surface area contributed by atoms with Gasteiger partial charge in [0.2, 0.25) is 0 Å². The Bertz CT molecular complexity index is 1210. The number of carbonyl (C=O) groups is 1. The summed E-state index contributed by atoms with van der Waals surface area (Å²) in [5, 5.41) is 12.8. The van der Waals surface area contributed by atoms with E-state index in [1.165, 1.54) is 43.5 Å². The zero-order valence-corrected chi connectivity index (χ0v) is 17.7. The third-order valence-electron chi connectivity index (χ3n) is 4.23. The molecular weight excluding hydrogens is 428 g/mol. The summed E-state index contributed by atoms with van der Waals surface area (Å²) in [6.45, 7) is 1.79. The number of para-hydroxylation sites is 1. The number of aromatic hydroxyl groups is 1. The van der Waals surface area contributed by atoms with Crippen molar-refractivity contribution >= 4 is 38.9 Å². The van der Waals surface area contributed by atoms with Crippen LogP contribution in [0.1, 0.15) is 15.9 Å². The largest absolute Gasteiger partial charge is 0.507 e. The number of phenols is 1. The van der Waals surface area contributed by atoms with Crippen LogP contribution in [0.2, 0.25) is 5.02 Å². The van der Waals surface area contributed by atoms with E-state index in [9.17, 15) is 18.3 Å². The number of ether oxygens (including phenoxy) is 1. The number of benzene rings is 3. The molecule has 1 amide bonds. The fourth-order valence-electron chi connectivity index (χ4n) is 2.74. The average molecular weight is 447 g/mol. The van der Waals surface area contributed by atoms with Crippen molar-refractivity contribution in [2.24, 2.45) is 0 Å². The summed E-state index contributed by atoms with van der Waals surface area (Å²) in [5.41, 5.74) is 1.28. The minimum Gasteiger partial charge on any atom is -0.507 e. The van der Waals surface area contributed by atoms with Gasteiger partial charge in [0.1, 0.15) is 16.4 Å². The fourth-order valence-corrected chi connectivity index (χ4v) is 4.26. The highest BCUT2D eigenvalue weighted by Gasteiger charge is 2.22. The smallest absolute Gasteiger partial charge is 0.265 e. The molecule has 156 valence electrons. The average Bonchev–Trinajstić information content (AvgIpc) is 2.69. The molecule has 0 aromatic heterocycles. The Labute approximate surface area is 179 Å². The van der Waals surface area contributed by atoms with Gasteiger partial charge in [0, 0.05) is 5.69 Å². The molecule has 0 saturated heterocycles. The van der Waals surface area contributed by atoms with E-state index in [4.69, 9.17) is 16.3 Å². The molecule has 30 heavy (non-hydrogen) atoms. The molecule has 0 atom stereocenters. The Morgan fingerprint density at radius 3 is 2.47 bits per heavy atom. The number of hydrogen-bond donors (Lipinski definition) is 3. The number of rotatable bonds is 6. The van der Waals surface area contributed by atoms with E-state index < -0.39 is 15.9 Å². The second-order valence-electron chi connectivity index (χ2n) is 6.43. The number of sulfonamides is 1. The number of halogens is 1. The lowest BCUT2D eigenvalue weighted by Crippen LogP contribution is -2.16. The molecule has 3 aromatic carbocycles. The standard InChI is InChI=1S/C21H19ClN2O5S/c1-13-7-9-15(18(25)11-13)21(26)23-14-8-10-19(29-2)20(12-14)30(27,28)24-17-6-4-3-5-16(17)22/h3-12,24-25H,1-2H3,(H,23,26). The van der Waals surface area contributed by atoms with Gasteiger partial charge in [-0.1, -0.05) is 29.8 Å². The van der Waals surface area contributed by atoms with E-state index in [0.717, 1.165) is 5.56 Å². The van der Waals surface area contributed by atoms with Gasteiger partial charge in [0.25, 0.3) is 15.9 Å². The van der Waals surface area contributed by atoms with Gasteiger partial charge in [0.05, 0.1) is 23.4 Å². The number of aryl methyl sites for hydroxylation is 1. The van der Waals surface area contributed by atoms with Crippen LogP contribution in [0.3, 0.4) is 0 Å². The lowest BCUT2D eigenvalue weighted by molar-refractivity contribution is 0.102. The molecule has 0 bridgehead atoms. The highest BCUT2D eigenvalue weighted by Crippen LogP contribution is 2.31. The van der Waals surface area contributed by atoms with Crippen molar-refractivity contribution in [2.45, 2.75) is 11.8 Å². The Kier molecular flexibility index (Phi) is 6.19. The normalized spacial score (nSPS) is 11.0. The summed E-state index contributed by atoms with van der Waals surface area (Å²) in [6.07, 6.45) is 0. The lowest BCUT2D eigenvalue weighted by atomic mass is 10.1. The van der Waals surface area contributed by atoms with E-state index in [1.807, 2.05) is 0 Å². The van der Waals surface area contributed by atoms with Crippen LogP contribution in [0.4, 0.5) is 11.4 Å². The van der Waals surface area contributed by atoms with Crippen molar-refractivity contribution in [1.29, 1.82) is 0 Å². The number of amides is 1. The van der Waals surface area contributed by atoms with E-state index >= 15 is 0 Å². The minimum absolute atomic E-state index is 0.0648. The maximum absolute atomic E-state index is 12.9. The van der Waals surface area contributed by atoms with Crippen LogP contribution in [0.25, 0.3) is 0 Å². The van der Waals surface area contributed by atoms with Crippen molar-refractivity contribution in [3.8, 4) is 11.5 Å². The summed E-state index contributed by atoms with van der Waals surface area (Å²) in [4.78, 5) is 12.3. The zero-order chi connectivity index (χ0) is 21.9. The third kappa shape index (κ3) is 4.67. The van der Waals surface area contributed by atoms with Crippen LogP contribution in [-0.2, 0) is 10.0 Å². The second-order valence-corrected chi connectivity index (χ2v) is 8.48. The van der Waals surface area contributed by atoms with E-state index in [2.05, 4.69) is 10.0 Å². The lowest BCUT2D eigenvalue weighted by Gasteiger charge is -2.14. The predicted molar refractivity (Wildman–Crippen MR) is 116 cm³/mol. The first-order chi connectivity index (χ1) is 14.2. The van der Waals surface area contributed by atoms with Crippen LogP contribution < -0.4 is 14.8 Å². The van der Waals surface area contributed by atoms with Gasteiger partial charge >= 0.3 is 0 Å². The van der Waals surface area contributed by atoms with E-state index in [0.29, 0.717) is 0 Å². The number of carbonyl (C=O) groups excluding carboxylic acids is 1. The summed E-state index contributed by atoms with van der Waals surface area (Å²) >= 11 is 6.05. The van der Waals surface area contributed by atoms with Gasteiger partial charge in [-0.2, -0.15) is 0 Å². The molecule has 0 aliphatic heterocycles. The molecule has 0 aliphatic carbocycles. The number of anilines is 2. The third-order valence-corrected chi connectivity index (χ3v) is 5.94. The molecule has 0 spiro atoms. The highest BCUT2D eigenvalue weighted by atomic mass is 35.5. The van der Waals surface area contributed by atoms with Gasteiger partial charge in [-0.05, 0) is 55.0 Å². The monoisotopic (exact) mass is 446 g/mol. The first-order valence-corrected chi connectivity index (χ1v) is 10.6. The molecule has 3 N–H and O–H groups in total. The highest BCUT2D eigenvalue weighted by molar-refractivity contribution is 7.92. The second kappa shape index (κ2) is 8.64. The predicted octanol–water partition coefficient (Wildman–Crippen LogP) is 4.42. The Morgan fingerprint density at radius 1 is 1.07 bits per heavy atom. The number of nitrogens with one attached hydrogen (secondary N) is 2. The topological polar surface area (TPSA) is 105 Å². The van der Waals surface area contributed by atoms with Crippen molar-refractivity contribution < 1.29 is 23.1 Å². The molecule has 3 rings (SSSR count). The SMILES string of the molecule is COc1ccc(NC(=O)c2ccc(C)cc2O)cc1S(=O)(=O)Nc1ccccc1Cl. The van der Waals surface area contributed by atoms with Crippen molar-refractivity contribution in [3.05, 3.63) is 76.8 Å². The molecular formula is C21H19ClN2O5S. The van der Waals surface area contributed by atoms with Gasteiger partial charge in [-0.3, -0.25) is 9.52 Å². The molecule has 9 heteroatoms. The zero-order valence-electron chi connectivity index (χ0n) is 16.1. The fraction of sp³-hybridized carbons (Fsp3) is 0.0952. The Balaban J connectivity index is 1.93. The van der Waals surface area contributed by atoms with Crippen molar-refractivity contribution in [3.63, 3.8) is 0 Å². The van der Waals surface area contributed by atoms with Crippen LogP contribution >= 0.6 is 11.6 Å². The van der Waals surface area contributed by atoms with Crippen molar-refractivity contribution in [2.75, 3.05) is 17.1 Å². The molecule has 0 fully saturated rings. The maximum Gasteiger partial charge on any atom is 0.265 e. The van der Waals surface area contributed by atoms with Gasteiger partial charge in [-0.15, -0.1) is 0 Å². The minimum atomic E-state index is -4.08. The number of hydrogen-bond acceptors (Lipinski definition) is 5. The van der Waals surface area contributed by atoms with Gasteiger partial charge in [-0.25, -0.2) is 8.42 Å². The molecule has 0 heterocycles. The summed E-state index contributed by atoms with van der Waals surface area (Å²) in [7, 11) is -2.74. The maximum atomic E-state index is 12.9. The molecule has 3 aromatic rings. The van der Waals surface area contributed by atoms with Crippen LogP contribution in [0.5, 0.6) is 11.5 Å². The summed E-state index contributed by atoms with van der Waals surface area (Å²) < 4.78 is 33.4. The van der Waals surface area contributed by atoms with Gasteiger partial charge in [0.15, 0.2) is 0 Å². The summed E-state index contributed by atoms with van der Waals surface area (Å²) in [5.74, 6) is -0.667. The summed E-state index contributed by atoms with van der Waals surface area (Å²) in [6, 6.07) is 15.2. The van der Waals surface area contributed by atoms with Crippen LogP contribution in [-0.4, -0.2) is 26.5 Å². The van der Waals surface area contributed by atoms with E-state index in [1.54, 1.807) is 31.2 Å². The van der Waals surface area contributed by atoms with Gasteiger partial charge < -0.3 is 15.2 Å². The molecule has 7 nitrogen and oxygen atoms in total. The Morgan fingerprint density at radius 2 is 1.80 bits per heavy atom. The Hall–Kier alpha value is -3.23. The first kappa shape index (κ1) is 21.5. The molecule has 0 saturated carbocycles. The van der Waals surface area contributed by atoms with E-state index in [-0.39, 0.29) is 38.4 Å². The van der Waals surface area contributed by atoms with Crippen LogP contribution in [0, 0.1) is 6.92 Å².